The van der Waals surface area contributed by atoms with Gasteiger partial charge in [-0.1, -0.05) is 194 Å². The van der Waals surface area contributed by atoms with Gasteiger partial charge in [0.25, 0.3) is 0 Å². The van der Waals surface area contributed by atoms with Crippen LogP contribution in [0.5, 0.6) is 0 Å². The molecular formula is C127H188N4O10. The Hall–Kier alpha value is -6.67. The van der Waals surface area contributed by atoms with Gasteiger partial charge in [-0.05, 0) is 468 Å². The van der Waals surface area contributed by atoms with Crippen molar-refractivity contribution in [3.8, 4) is 0 Å². The third kappa shape index (κ3) is 16.8. The lowest BCUT2D eigenvalue weighted by Gasteiger charge is -2.73. The molecule has 0 saturated heterocycles. The van der Waals surface area contributed by atoms with E-state index in [1.54, 1.807) is 36.4 Å². The van der Waals surface area contributed by atoms with Crippen molar-refractivity contribution in [1.29, 1.82) is 0 Å². The minimum atomic E-state index is -0.854. The van der Waals surface area contributed by atoms with Gasteiger partial charge in [-0.25, -0.2) is 14.4 Å². The van der Waals surface area contributed by atoms with Gasteiger partial charge in [-0.15, -0.1) is 0 Å². The van der Waals surface area contributed by atoms with Crippen LogP contribution in [-0.2, 0) is 20.8 Å². The number of nitrogens with zero attached hydrogens (tertiary/aromatic N) is 2. The van der Waals surface area contributed by atoms with Gasteiger partial charge >= 0.3 is 17.9 Å². The van der Waals surface area contributed by atoms with Crippen LogP contribution in [-0.4, -0.2) is 99.5 Å². The number of pyridine rings is 1. The van der Waals surface area contributed by atoms with Crippen LogP contribution in [0.25, 0.3) is 0 Å². The number of carbonyl (C=O) groups excluding carboxylic acids is 3. The average Bonchev–Trinajstić information content (AvgIpc) is 1.55. The van der Waals surface area contributed by atoms with Gasteiger partial charge in [0.05, 0.1) is 33.3 Å². The normalized spacial score (nSPS) is 42.1. The van der Waals surface area contributed by atoms with E-state index in [9.17, 15) is 49.2 Å². The topological polar surface area (TPSA) is 224 Å². The van der Waals surface area contributed by atoms with Crippen LogP contribution in [0.2, 0.25) is 0 Å². The summed E-state index contributed by atoms with van der Waals surface area (Å²) in [5.41, 5.74) is 8.34. The Morgan fingerprint density at radius 2 is 0.688 bits per heavy atom. The Morgan fingerprint density at radius 1 is 0.362 bits per heavy atom. The molecule has 0 spiro atoms. The number of aromatic carboxylic acids is 3. The molecule has 15 saturated carbocycles. The molecule has 14 heteroatoms. The first kappa shape index (κ1) is 106. The molecular weight excluding hydrogens is 1740 g/mol. The summed E-state index contributed by atoms with van der Waals surface area (Å²) in [5.74, 6) is 11.1. The number of carboxylic acids is 3. The number of carboxylic acid groups (broad SMARTS) is 3. The molecule has 0 bridgehead atoms. The smallest absolute Gasteiger partial charge is 0.335 e. The number of rotatable bonds is 22. The number of hydrogen-bond acceptors (Lipinski definition) is 9. The number of fused-ring (bicyclic) bond motifs is 21. The average molecular weight is 1930 g/mol. The molecule has 15 aliphatic carbocycles. The lowest BCUT2D eigenvalue weighted by molar-refractivity contribution is -0.239. The maximum atomic E-state index is 14.5. The first-order chi connectivity index (χ1) is 66.2. The summed E-state index contributed by atoms with van der Waals surface area (Å²) in [5, 5.41) is 45.1. The summed E-state index contributed by atoms with van der Waals surface area (Å²) in [4.78, 5) is 84.3. The molecule has 30 atom stereocenters. The van der Waals surface area contributed by atoms with Crippen molar-refractivity contribution in [3.63, 3.8) is 0 Å². The van der Waals surface area contributed by atoms with E-state index < -0.39 is 17.9 Å². The zero-order valence-corrected chi connectivity index (χ0v) is 91.9. The van der Waals surface area contributed by atoms with Gasteiger partial charge < -0.3 is 36.0 Å². The van der Waals surface area contributed by atoms with Crippen LogP contribution >= 0.6 is 0 Å². The van der Waals surface area contributed by atoms with Gasteiger partial charge in [0.15, 0.2) is 0 Å². The lowest BCUT2D eigenvalue weighted by Crippen LogP contribution is -2.67. The van der Waals surface area contributed by atoms with Crippen LogP contribution in [0.4, 0.5) is 0 Å². The van der Waals surface area contributed by atoms with Crippen molar-refractivity contribution in [3.05, 3.63) is 149 Å². The fourth-order valence-corrected chi connectivity index (χ4v) is 42.1. The molecule has 776 valence electrons. The van der Waals surface area contributed by atoms with Gasteiger partial charge in [0.2, 0.25) is 11.8 Å². The van der Waals surface area contributed by atoms with Crippen molar-refractivity contribution in [2.24, 2.45) is 188 Å². The van der Waals surface area contributed by atoms with E-state index in [2.05, 4.69) is 229 Å². The number of allylic oxidation sites excluding steroid dienone is 1. The fourth-order valence-electron chi connectivity index (χ4n) is 42.1. The SMILES string of the molecule is C=C(O)CCCC(=O)[C@]12CC[C@@H](C(C)C)[C@@H]1[C@H]1CC[C@@H]3[C@@]4(C)CC[C@H](c5ccc(C(=O)O)cc5)C(C)(C)[C@@H]4CC[C@@]3(C)[C@]1(C)CC2.CC(C)[C@@H]1CC[C@]2(C(=O)NCCN(C)C)CC[C@]3(C)[C@H](CC[C@@H]4[C@@]5(C)CC[C@H](c6ccc(C(=O)O)cc6)C(C)(C)[C@@H]5CC[C@]43C)[C@@H]12.CC(C)[C@@H]1CC[C@]2(C(=O)NCCc3ccccn3)CC[C@]3(C)[C@H](CC[C@@H]4[C@@]5(C)CC[C@H](c6ccc(C(=O)O)cc6)C(C)(C)[C@@H]5CC[C@]43C)[C@@H]12. The van der Waals surface area contributed by atoms with E-state index in [1.165, 1.54) is 164 Å². The number of Topliss-reactive ketones (excluding diaryl/α,β-unsaturated/α-hetero) is 1. The maximum absolute atomic E-state index is 14.5. The van der Waals surface area contributed by atoms with Crippen molar-refractivity contribution >= 4 is 35.5 Å². The molecule has 4 aromatic rings. The van der Waals surface area contributed by atoms with Crippen LogP contribution < -0.4 is 10.6 Å². The van der Waals surface area contributed by atoms with Crippen LogP contribution in [0.1, 0.15) is 428 Å². The summed E-state index contributed by atoms with van der Waals surface area (Å²) >= 11 is 0. The molecule has 1 aromatic heterocycles. The van der Waals surface area contributed by atoms with Crippen LogP contribution in [0, 0.1) is 188 Å². The van der Waals surface area contributed by atoms with E-state index in [0.717, 1.165) is 76.6 Å². The second-order valence-electron chi connectivity index (χ2n) is 56.1. The van der Waals surface area contributed by atoms with E-state index in [4.69, 9.17) is 0 Å². The molecule has 3 aromatic carbocycles. The number of ketones is 1. The number of aromatic nitrogens is 1. The van der Waals surface area contributed by atoms with Crippen molar-refractivity contribution in [1.82, 2.24) is 20.5 Å². The molecule has 15 fully saturated rings. The molecule has 14 nitrogen and oxygen atoms in total. The van der Waals surface area contributed by atoms with Gasteiger partial charge in [-0.3, -0.25) is 19.4 Å². The highest BCUT2D eigenvalue weighted by atomic mass is 16.4. The van der Waals surface area contributed by atoms with Crippen LogP contribution in [0.3, 0.4) is 0 Å². The predicted molar refractivity (Wildman–Crippen MR) is 569 cm³/mol. The summed E-state index contributed by atoms with van der Waals surface area (Å²) in [7, 11) is 4.17. The summed E-state index contributed by atoms with van der Waals surface area (Å²) in [6, 6.07) is 29.4. The van der Waals surface area contributed by atoms with E-state index in [-0.39, 0.29) is 81.6 Å². The van der Waals surface area contributed by atoms with Crippen molar-refractivity contribution < 1.29 is 49.2 Å². The monoisotopic (exact) mass is 1930 g/mol. The highest BCUT2D eigenvalue weighted by molar-refractivity contribution is 5.89. The van der Waals surface area contributed by atoms with E-state index in [0.29, 0.717) is 183 Å². The van der Waals surface area contributed by atoms with E-state index >= 15 is 0 Å². The largest absolute Gasteiger partial charge is 0.513 e. The highest BCUT2D eigenvalue weighted by Crippen LogP contribution is 2.84. The number of likely N-dealkylation sites (N-methyl/N-ethyl adjacent to an activating group) is 1. The predicted octanol–water partition coefficient (Wildman–Crippen LogP) is 29.9. The zero-order chi connectivity index (χ0) is 102. The van der Waals surface area contributed by atoms with Crippen molar-refractivity contribution in [2.75, 3.05) is 33.7 Å². The minimum Gasteiger partial charge on any atom is -0.513 e. The molecule has 0 aliphatic heterocycles. The number of nitrogens with one attached hydrogen (secondary N) is 2. The number of aliphatic hydroxyl groups is 1. The lowest BCUT2D eigenvalue weighted by atomic mass is 9.31. The second kappa shape index (κ2) is 38.2. The zero-order valence-electron chi connectivity index (χ0n) is 91.9. The molecule has 0 radical (unpaired) electrons. The van der Waals surface area contributed by atoms with Gasteiger partial charge in [0, 0.05) is 56.2 Å². The number of amides is 2. The summed E-state index contributed by atoms with van der Waals surface area (Å²) < 4.78 is 0. The molecule has 19 rings (SSSR count). The standard InChI is InChI=1S/C44H62N2O3.C42H62O4.C41H64N2O3/c1-28(2)32-17-23-44(39(49)46-27-20-31-10-8-9-26-45-31)25-24-42(6)34(37(32)44)15-16-36-41(5)21-18-33(29-11-13-30(14-12-29)38(47)48)40(3,4)35(41)19-22-43(36,42)7;1-26(2)30-18-23-42(35(44)11-9-10-27(3)43)25-24-40(7)32(36(30)42)16-17-34-39(6)21-19-31(28-12-14-29(15-13-28)37(45)46)38(4,5)33(39)20-22-41(34,40)8;1-26(2)29-16-21-41(36(46)42-24-25-43(8)9)23-22-39(6)31(34(29)41)14-15-33-38(5)19-17-30(27-10-12-28(13-11-27)35(44)45)37(3,4)32(38)18-20-40(33,39)7/h8-14,26,28,32-37H,15-25,27H2,1-7H3,(H,46,49)(H,47,48);12-15,26,30-34,36,43H,3,9-11,16-25H2,1-2,4-8H3,(H,45,46);10-13,26,29-34H,14-25H2,1-9H3,(H,42,46)(H,44,45)/t32-,33+,34+,35-,36+,37+,41-,42+,43+,44-;30-,31+,32+,33-,34+,36+,39-,40+,41+,42+;29-,30+,31+,32-,33+,34+,38-,39+,40+,41-/m000/s1. The molecule has 15 aliphatic rings. The Labute approximate surface area is 851 Å². The molecule has 0 unspecified atom stereocenters. The molecule has 1 heterocycles. The third-order valence-electron chi connectivity index (χ3n) is 49.4. The van der Waals surface area contributed by atoms with Crippen LogP contribution in [0.15, 0.2) is 110 Å². The Balaban J connectivity index is 0.000000146. The summed E-state index contributed by atoms with van der Waals surface area (Å²) in [6.07, 6.45) is 40.5. The summed E-state index contributed by atoms with van der Waals surface area (Å²) in [6.45, 7) is 59.7. The number of carbonyl (C=O) groups is 6. The maximum Gasteiger partial charge on any atom is 0.335 e. The minimum absolute atomic E-state index is 0.138. The number of hydrogen-bond donors (Lipinski definition) is 6. The first-order valence-electron chi connectivity index (χ1n) is 57.3. The number of benzene rings is 3. The second-order valence-corrected chi connectivity index (χ2v) is 56.1. The first-order valence-corrected chi connectivity index (χ1v) is 57.3. The van der Waals surface area contributed by atoms with Gasteiger partial charge in [0.1, 0.15) is 5.78 Å². The molecule has 6 N–H and O–H groups in total. The molecule has 141 heavy (non-hydrogen) atoms. The third-order valence-corrected chi connectivity index (χ3v) is 49.4. The fraction of sp³-hybridized carbons (Fsp3) is 0.756. The molecule has 2 amide bonds. The highest BCUT2D eigenvalue weighted by Gasteiger charge is 2.77. The van der Waals surface area contributed by atoms with E-state index in [1.807, 2.05) is 18.3 Å². The quantitative estimate of drug-likeness (QED) is 0.0404. The number of aliphatic hydroxyl groups excluding tert-OH is 1. The van der Waals surface area contributed by atoms with Crippen molar-refractivity contribution in [2.45, 2.75) is 381 Å². The Morgan fingerprint density at radius 3 is 1.00 bits per heavy atom. The Bertz CT molecular complexity index is 5250. The Kier molecular flexibility index (Phi) is 28.6. The van der Waals surface area contributed by atoms with Gasteiger partial charge in [-0.2, -0.15) is 0 Å².